The van der Waals surface area contributed by atoms with E-state index in [1.165, 1.54) is 51.4 Å². The summed E-state index contributed by atoms with van der Waals surface area (Å²) >= 11 is 5.42. The van der Waals surface area contributed by atoms with Crippen LogP contribution in [0.3, 0.4) is 0 Å². The second-order valence-corrected chi connectivity index (χ2v) is 25.5. The molecule has 3 aliphatic rings. The lowest BCUT2D eigenvalue weighted by molar-refractivity contribution is -0.745. The van der Waals surface area contributed by atoms with Crippen molar-refractivity contribution in [3.05, 3.63) is 39.7 Å². The molecule has 9 heterocycles. The van der Waals surface area contributed by atoms with E-state index in [0.717, 1.165) is 7.11 Å². The fraction of sp³-hybridized carbons (Fsp3) is 0.583. The van der Waals surface area contributed by atoms with Crippen molar-refractivity contribution in [3.63, 3.8) is 0 Å². The Hall–Kier alpha value is -4.93. The molecule has 0 bridgehead atoms. The lowest BCUT2D eigenvalue weighted by atomic mass is 10.1. The number of hydrogen-bond acceptors (Lipinski definition) is 30. The number of phosphoric acid groups is 3. The van der Waals surface area contributed by atoms with Gasteiger partial charge in [0.1, 0.15) is 60.5 Å². The fourth-order valence-corrected chi connectivity index (χ4v) is 14.1. The predicted molar refractivity (Wildman–Crippen MR) is 269 cm³/mol. The predicted octanol–water partition coefficient (Wildman–Crippen LogP) is -2.93. The van der Waals surface area contributed by atoms with Crippen molar-refractivity contribution < 1.29 is 103 Å². The van der Waals surface area contributed by atoms with E-state index >= 15 is 0 Å². The molecule has 0 saturated carbocycles. The van der Waals surface area contributed by atoms with Gasteiger partial charge in [0, 0.05) is 14.2 Å². The number of H-pyrrole nitrogens is 2. The van der Waals surface area contributed by atoms with E-state index in [4.69, 9.17) is 81.3 Å². The van der Waals surface area contributed by atoms with Crippen LogP contribution < -0.4 is 38.6 Å². The average Bonchev–Trinajstić information content (AvgIpc) is 4.20. The molecule has 80 heavy (non-hydrogen) atoms. The summed E-state index contributed by atoms with van der Waals surface area (Å²) in [5.74, 6) is -0.963. The molecule has 6 aromatic heterocycles. The number of anilines is 4. The summed E-state index contributed by atoms with van der Waals surface area (Å²) in [4.78, 5) is 97.7. The number of aromatic nitrogens is 12. The largest absolute Gasteiger partial charge is 0.490 e. The molecule has 0 aromatic carbocycles. The van der Waals surface area contributed by atoms with Crippen molar-refractivity contribution in [1.29, 1.82) is 0 Å². The molecular formula is C36H53N16O23P4S+. The standard InChI is InChI=1S/C36H52N16O23P4S/c1-12(2)69-22-14(71-31(20(22)54)50-10-42-17-27(50)45-35(39)47-29(17)55)8-68-79(63,80)73-23-15(72-33(24(23)65-5)51-9-41-16-25(37)43-34(38)44-26(16)51)7-67-77(59,60)75-78(61,62)74-76(57,58)66-6-13-21(64-4)19(53)32(70-13)52-11-49(3)18-28(52)46-36(40)48-30(18)56/h9-15,19-24,31-33,53-54H,6-8H2,1-5H3,(H13-,37,38,39,40,43,44,45,46,47,48,55,56,57,58,59,60,61,62,63,80)/p+1/t13-,14-,15-,19?,20?,21+,22+,23+,24?,31-,32-,33-,79?/m1/s1. The normalized spacial score (nSPS) is 29.4. The number of aromatic amines is 2. The van der Waals surface area contributed by atoms with Gasteiger partial charge < -0.3 is 85.7 Å². The highest BCUT2D eigenvalue weighted by atomic mass is 32.5. The SMILES string of the molecule is COC1[C@@H](OP(O)(=S)OC[C@H]2O[C@@H](n3cnc4c(=O)[nH]c(N)nc43)C(O)[C@H]2OC(C)C)[C@@H](COP(=O)(O)OP(=O)(O)OP(=O)(O)OC[C@H]2O[C@@H]([n+]3cn(C)c4c(=O)[nH]c(N)nc43)C(O)[C@H]2OC)O[C@H]1n1cnc2c(N)nc(N)nc21. The number of aryl methyl sites for hydroxylation is 1. The van der Waals surface area contributed by atoms with Crippen LogP contribution in [-0.4, -0.2) is 178 Å². The number of imidazole rings is 3. The summed E-state index contributed by atoms with van der Waals surface area (Å²) in [6.45, 7) is -4.10. The maximum absolute atomic E-state index is 13.4. The number of ether oxygens (including phenoxy) is 6. The fourth-order valence-electron chi connectivity index (χ4n) is 9.12. The van der Waals surface area contributed by atoms with Gasteiger partial charge in [-0.1, -0.05) is 4.98 Å². The van der Waals surface area contributed by atoms with Gasteiger partial charge >= 0.3 is 35.8 Å². The number of aliphatic hydroxyl groups excluding tert-OH is 2. The molecule has 16 N–H and O–H groups in total. The Kier molecular flexibility index (Phi) is 16.9. The maximum Gasteiger partial charge on any atom is 0.490 e. The second kappa shape index (κ2) is 22.7. The molecule has 3 fully saturated rings. The zero-order valence-electron chi connectivity index (χ0n) is 42.0. The third kappa shape index (κ3) is 12.2. The lowest BCUT2D eigenvalue weighted by Crippen LogP contribution is -2.46. The number of methoxy groups -OCH3 is 2. The molecule has 3 saturated heterocycles. The van der Waals surface area contributed by atoms with Crippen LogP contribution in [0, 0.1) is 0 Å². The van der Waals surface area contributed by atoms with Crippen molar-refractivity contribution in [3.8, 4) is 0 Å². The molecule has 39 nitrogen and oxygen atoms in total. The first-order valence-corrected chi connectivity index (χ1v) is 30.2. The smallest absolute Gasteiger partial charge is 0.386 e. The first-order valence-electron chi connectivity index (χ1n) is 23.1. The molecule has 6 aromatic rings. The molecule has 0 spiro atoms. The second-order valence-electron chi connectivity index (χ2n) is 18.0. The average molecular weight is 1230 g/mol. The highest BCUT2D eigenvalue weighted by Gasteiger charge is 2.54. The summed E-state index contributed by atoms with van der Waals surface area (Å²) in [6, 6.07) is 0. The van der Waals surface area contributed by atoms with Crippen LogP contribution in [0.4, 0.5) is 23.7 Å². The van der Waals surface area contributed by atoms with E-state index < -0.39 is 141 Å². The van der Waals surface area contributed by atoms with E-state index in [0.29, 0.717) is 0 Å². The molecule has 440 valence electrons. The Labute approximate surface area is 452 Å². The van der Waals surface area contributed by atoms with Crippen molar-refractivity contribution in [2.24, 2.45) is 7.05 Å². The lowest BCUT2D eigenvalue weighted by Gasteiger charge is -2.28. The van der Waals surface area contributed by atoms with Crippen molar-refractivity contribution in [1.82, 2.24) is 53.6 Å². The Morgan fingerprint density at radius 1 is 0.713 bits per heavy atom. The minimum atomic E-state index is -6.16. The van der Waals surface area contributed by atoms with Gasteiger partial charge in [-0.2, -0.15) is 23.6 Å². The monoisotopic (exact) mass is 1230 g/mol. The number of rotatable bonds is 22. The first kappa shape index (κ1) is 59.7. The van der Waals surface area contributed by atoms with Gasteiger partial charge in [-0.25, -0.2) is 28.2 Å². The minimum absolute atomic E-state index is 0.0271. The minimum Gasteiger partial charge on any atom is -0.386 e. The van der Waals surface area contributed by atoms with Gasteiger partial charge in [0.05, 0.1) is 45.6 Å². The molecule has 0 aliphatic carbocycles. The van der Waals surface area contributed by atoms with E-state index in [1.54, 1.807) is 13.8 Å². The number of nitrogens with zero attached hydrogens (tertiary/aromatic N) is 10. The highest BCUT2D eigenvalue weighted by Crippen LogP contribution is 2.68. The van der Waals surface area contributed by atoms with Crippen molar-refractivity contribution >= 4 is 99.1 Å². The van der Waals surface area contributed by atoms with Gasteiger partial charge in [0.15, 0.2) is 41.4 Å². The molecule has 16 atom stereocenters. The van der Waals surface area contributed by atoms with Crippen molar-refractivity contribution in [2.75, 3.05) is 57.0 Å². The van der Waals surface area contributed by atoms with Crippen LogP contribution in [0.15, 0.2) is 28.6 Å². The van der Waals surface area contributed by atoms with Crippen LogP contribution in [-0.2, 0) is 87.7 Å². The number of nitrogens with two attached hydrogens (primary N) is 4. The van der Waals surface area contributed by atoms with Gasteiger partial charge in [0.25, 0.3) is 17.1 Å². The number of fused-ring (bicyclic) bond motifs is 3. The number of nitrogen functional groups attached to an aromatic ring is 4. The van der Waals surface area contributed by atoms with E-state index in [9.17, 15) is 53.1 Å². The topological polar surface area (TPSA) is 549 Å². The van der Waals surface area contributed by atoms with E-state index in [2.05, 4.69) is 48.5 Å². The highest BCUT2D eigenvalue weighted by molar-refractivity contribution is 8.07. The van der Waals surface area contributed by atoms with Crippen LogP contribution in [0.1, 0.15) is 32.5 Å². The Balaban J connectivity index is 0.890. The number of phosphoric ester groups is 2. The maximum atomic E-state index is 13.4. The summed E-state index contributed by atoms with van der Waals surface area (Å²) in [5.41, 5.74) is 21.9. The molecule has 7 unspecified atom stereocenters. The zero-order chi connectivity index (χ0) is 58.1. The van der Waals surface area contributed by atoms with Gasteiger partial charge in [-0.05, 0) is 25.7 Å². The van der Waals surface area contributed by atoms with Gasteiger partial charge in [0.2, 0.25) is 23.6 Å². The van der Waals surface area contributed by atoms with Gasteiger partial charge in [-0.3, -0.25) is 46.8 Å². The molecule has 3 aliphatic heterocycles. The third-order valence-electron chi connectivity index (χ3n) is 12.3. The quantitative estimate of drug-likeness (QED) is 0.0239. The number of nitrogens with one attached hydrogen (secondary N) is 2. The molecular weight excluding hydrogens is 1180 g/mol. The number of aliphatic hydroxyl groups is 2. The Bertz CT molecular complexity index is 3630. The van der Waals surface area contributed by atoms with Crippen LogP contribution in [0.25, 0.3) is 33.5 Å². The number of hydrogen-bond donors (Lipinski definition) is 12. The molecule has 44 heteroatoms. The summed E-state index contributed by atoms with van der Waals surface area (Å²) in [7, 11) is -14.1. The van der Waals surface area contributed by atoms with E-state index in [-0.39, 0.29) is 57.2 Å². The van der Waals surface area contributed by atoms with Crippen molar-refractivity contribution in [2.45, 2.75) is 93.6 Å². The molecule has 0 amide bonds. The Morgan fingerprint density at radius 3 is 1.90 bits per heavy atom. The summed E-state index contributed by atoms with van der Waals surface area (Å²) in [5, 5.41) is 22.6. The molecule has 9 rings (SSSR count). The first-order chi connectivity index (χ1) is 37.5. The van der Waals surface area contributed by atoms with Crippen LogP contribution >= 0.6 is 30.2 Å². The summed E-state index contributed by atoms with van der Waals surface area (Å²) in [6.07, 6.45) is -14.0. The van der Waals surface area contributed by atoms with Gasteiger partial charge in [-0.15, -0.1) is 0 Å². The van der Waals surface area contributed by atoms with Crippen LogP contribution in [0.5, 0.6) is 0 Å². The van der Waals surface area contributed by atoms with Crippen LogP contribution in [0.2, 0.25) is 0 Å². The third-order valence-corrected chi connectivity index (χ3v) is 18.1. The zero-order valence-corrected chi connectivity index (χ0v) is 46.4. The molecule has 0 radical (unpaired) electrons. The Morgan fingerprint density at radius 2 is 1.26 bits per heavy atom. The summed E-state index contributed by atoms with van der Waals surface area (Å²) < 4.78 is 110. The van der Waals surface area contributed by atoms with E-state index in [1.807, 2.05) is 0 Å².